The molecule has 33 heavy (non-hydrogen) atoms. The Morgan fingerprint density at radius 2 is 0.576 bits per heavy atom. The molecule has 1 N–H and O–H groups in total. The topological polar surface area (TPSA) is 12.0 Å². The molecular weight excluding hydrogens is 398 g/mol. The molecule has 0 radical (unpaired) electrons. The summed E-state index contributed by atoms with van der Waals surface area (Å²) in [4.78, 5) is 0. The lowest BCUT2D eigenvalue weighted by Gasteiger charge is -2.22. The third kappa shape index (κ3) is 24.9. The number of unbranched alkanes of at least 4 members (excludes halogenated alkanes) is 16. The van der Waals surface area contributed by atoms with E-state index in [1.54, 1.807) is 0 Å². The molecule has 0 aromatic carbocycles. The van der Waals surface area contributed by atoms with Gasteiger partial charge in [-0.1, -0.05) is 156 Å². The Hall–Kier alpha value is -0.0400. The van der Waals surface area contributed by atoms with Gasteiger partial charge < -0.3 is 5.32 Å². The van der Waals surface area contributed by atoms with Gasteiger partial charge in [-0.15, -0.1) is 0 Å². The molecule has 1 heteroatoms. The van der Waals surface area contributed by atoms with Crippen molar-refractivity contribution in [3.63, 3.8) is 0 Å². The number of nitrogens with one attached hydrogen (secondary N) is 1. The standard InChI is InChI=1S/C32H67N/c1-5-9-13-17-19-23-27-31(25-21-15-11-7-3)29-33-30-32(26-22-16-12-8-4)28-24-20-18-14-10-6-2/h31-33H,5-30H2,1-4H3. The second kappa shape index (κ2) is 28.2. The Balaban J connectivity index is 4.31. The lowest BCUT2D eigenvalue weighted by Crippen LogP contribution is -2.28. The molecule has 0 saturated carbocycles. The van der Waals surface area contributed by atoms with Gasteiger partial charge in [0.2, 0.25) is 0 Å². The molecule has 0 bridgehead atoms. The van der Waals surface area contributed by atoms with Crippen molar-refractivity contribution < 1.29 is 0 Å². The molecule has 0 rings (SSSR count). The van der Waals surface area contributed by atoms with Gasteiger partial charge in [0.05, 0.1) is 0 Å². The molecule has 0 spiro atoms. The molecular formula is C32H67N. The van der Waals surface area contributed by atoms with E-state index in [4.69, 9.17) is 0 Å². The smallest absolute Gasteiger partial charge is 0.00204 e. The summed E-state index contributed by atoms with van der Waals surface area (Å²) in [5.41, 5.74) is 0. The minimum Gasteiger partial charge on any atom is -0.316 e. The van der Waals surface area contributed by atoms with Crippen molar-refractivity contribution in [1.82, 2.24) is 5.32 Å². The van der Waals surface area contributed by atoms with Crippen LogP contribution in [0.25, 0.3) is 0 Å². The van der Waals surface area contributed by atoms with E-state index in [0.29, 0.717) is 0 Å². The van der Waals surface area contributed by atoms with Gasteiger partial charge in [0, 0.05) is 0 Å². The van der Waals surface area contributed by atoms with Crippen molar-refractivity contribution >= 4 is 0 Å². The molecule has 2 atom stereocenters. The van der Waals surface area contributed by atoms with Crippen LogP contribution in [0.15, 0.2) is 0 Å². The third-order valence-electron chi connectivity index (χ3n) is 7.73. The van der Waals surface area contributed by atoms with Crippen LogP contribution in [0.1, 0.15) is 182 Å². The molecule has 0 aliphatic rings. The van der Waals surface area contributed by atoms with Crippen molar-refractivity contribution in [3.8, 4) is 0 Å². The molecule has 2 unspecified atom stereocenters. The first-order valence-electron chi connectivity index (χ1n) is 16.0. The fourth-order valence-corrected chi connectivity index (χ4v) is 5.33. The quantitative estimate of drug-likeness (QED) is 0.113. The zero-order valence-electron chi connectivity index (χ0n) is 24.0. The van der Waals surface area contributed by atoms with Crippen LogP contribution in [0.3, 0.4) is 0 Å². The molecule has 0 aliphatic carbocycles. The van der Waals surface area contributed by atoms with Crippen LogP contribution in [0.4, 0.5) is 0 Å². The number of rotatable bonds is 28. The summed E-state index contributed by atoms with van der Waals surface area (Å²) in [6.07, 6.45) is 34.5. The normalized spacial score (nSPS) is 13.5. The van der Waals surface area contributed by atoms with Crippen LogP contribution in [0, 0.1) is 11.8 Å². The van der Waals surface area contributed by atoms with Crippen molar-refractivity contribution in [1.29, 1.82) is 0 Å². The largest absolute Gasteiger partial charge is 0.316 e. The summed E-state index contributed by atoms with van der Waals surface area (Å²) in [7, 11) is 0. The van der Waals surface area contributed by atoms with Gasteiger partial charge >= 0.3 is 0 Å². The maximum absolute atomic E-state index is 3.99. The van der Waals surface area contributed by atoms with Crippen LogP contribution in [0.2, 0.25) is 0 Å². The van der Waals surface area contributed by atoms with E-state index in [0.717, 1.165) is 11.8 Å². The summed E-state index contributed by atoms with van der Waals surface area (Å²) in [5.74, 6) is 1.84. The van der Waals surface area contributed by atoms with Crippen LogP contribution in [-0.4, -0.2) is 13.1 Å². The zero-order chi connectivity index (χ0) is 24.2. The van der Waals surface area contributed by atoms with Crippen LogP contribution >= 0.6 is 0 Å². The molecule has 0 fully saturated rings. The molecule has 0 amide bonds. The summed E-state index contributed by atoms with van der Waals surface area (Å²) >= 11 is 0. The molecule has 0 aromatic rings. The lowest BCUT2D eigenvalue weighted by atomic mass is 9.92. The average molecular weight is 466 g/mol. The highest BCUT2D eigenvalue weighted by atomic mass is 14.9. The molecule has 0 aromatic heterocycles. The minimum atomic E-state index is 0.919. The van der Waals surface area contributed by atoms with Crippen LogP contribution in [0.5, 0.6) is 0 Å². The van der Waals surface area contributed by atoms with Gasteiger partial charge in [0.25, 0.3) is 0 Å². The number of hydrogen-bond acceptors (Lipinski definition) is 1. The van der Waals surface area contributed by atoms with Gasteiger partial charge in [0.1, 0.15) is 0 Å². The predicted molar refractivity (Wildman–Crippen MR) is 153 cm³/mol. The van der Waals surface area contributed by atoms with Crippen molar-refractivity contribution in [2.24, 2.45) is 11.8 Å². The van der Waals surface area contributed by atoms with E-state index in [1.165, 1.54) is 167 Å². The fraction of sp³-hybridized carbons (Fsp3) is 1.00. The second-order valence-electron chi connectivity index (χ2n) is 11.2. The van der Waals surface area contributed by atoms with Gasteiger partial charge in [-0.2, -0.15) is 0 Å². The Kier molecular flexibility index (Phi) is 28.2. The van der Waals surface area contributed by atoms with Crippen molar-refractivity contribution in [2.75, 3.05) is 13.1 Å². The first kappa shape index (κ1) is 33.0. The van der Waals surface area contributed by atoms with Gasteiger partial charge in [-0.05, 0) is 50.6 Å². The second-order valence-corrected chi connectivity index (χ2v) is 11.2. The third-order valence-corrected chi connectivity index (χ3v) is 7.73. The first-order valence-corrected chi connectivity index (χ1v) is 16.0. The summed E-state index contributed by atoms with van der Waals surface area (Å²) < 4.78 is 0. The monoisotopic (exact) mass is 466 g/mol. The van der Waals surface area contributed by atoms with Crippen LogP contribution in [-0.2, 0) is 0 Å². The molecule has 200 valence electrons. The highest BCUT2D eigenvalue weighted by molar-refractivity contribution is 4.68. The van der Waals surface area contributed by atoms with E-state index in [-0.39, 0.29) is 0 Å². The van der Waals surface area contributed by atoms with E-state index in [9.17, 15) is 0 Å². The Morgan fingerprint density at radius 3 is 0.879 bits per heavy atom. The average Bonchev–Trinajstić information content (AvgIpc) is 2.82. The summed E-state index contributed by atoms with van der Waals surface area (Å²) in [6, 6.07) is 0. The maximum Gasteiger partial charge on any atom is -0.00204 e. The zero-order valence-corrected chi connectivity index (χ0v) is 24.0. The molecule has 0 heterocycles. The van der Waals surface area contributed by atoms with Gasteiger partial charge in [0.15, 0.2) is 0 Å². The lowest BCUT2D eigenvalue weighted by molar-refractivity contribution is 0.341. The Morgan fingerprint density at radius 1 is 0.333 bits per heavy atom. The van der Waals surface area contributed by atoms with E-state index < -0.39 is 0 Å². The number of hydrogen-bond donors (Lipinski definition) is 1. The van der Waals surface area contributed by atoms with E-state index >= 15 is 0 Å². The van der Waals surface area contributed by atoms with Crippen LogP contribution < -0.4 is 5.32 Å². The van der Waals surface area contributed by atoms with E-state index in [2.05, 4.69) is 33.0 Å². The maximum atomic E-state index is 3.99. The van der Waals surface area contributed by atoms with Gasteiger partial charge in [-0.3, -0.25) is 0 Å². The summed E-state index contributed by atoms with van der Waals surface area (Å²) in [5, 5.41) is 3.99. The molecule has 1 nitrogen and oxygen atoms in total. The minimum absolute atomic E-state index is 0.919. The Labute approximate surface area is 212 Å². The molecule has 0 aliphatic heterocycles. The Bertz CT molecular complexity index is 307. The highest BCUT2D eigenvalue weighted by Crippen LogP contribution is 2.21. The molecule has 0 saturated heterocycles. The fourth-order valence-electron chi connectivity index (χ4n) is 5.33. The van der Waals surface area contributed by atoms with Crippen molar-refractivity contribution in [2.45, 2.75) is 182 Å². The SMILES string of the molecule is CCCCCCCCC(CCCCCC)CNCC(CCCCCC)CCCCCCCC. The van der Waals surface area contributed by atoms with Gasteiger partial charge in [-0.25, -0.2) is 0 Å². The summed E-state index contributed by atoms with van der Waals surface area (Å²) in [6.45, 7) is 11.9. The van der Waals surface area contributed by atoms with Crippen molar-refractivity contribution in [3.05, 3.63) is 0 Å². The highest BCUT2D eigenvalue weighted by Gasteiger charge is 2.12. The van der Waals surface area contributed by atoms with E-state index in [1.807, 2.05) is 0 Å². The first-order chi connectivity index (χ1) is 16.3. The predicted octanol–water partition coefficient (Wildman–Crippen LogP) is 11.3.